The van der Waals surface area contributed by atoms with E-state index in [1.807, 2.05) is 18.2 Å². The molecule has 0 aliphatic heterocycles. The molecule has 0 bridgehead atoms. The van der Waals surface area contributed by atoms with Crippen LogP contribution in [0.3, 0.4) is 0 Å². The van der Waals surface area contributed by atoms with Crippen molar-refractivity contribution in [1.82, 2.24) is 9.55 Å². The van der Waals surface area contributed by atoms with Crippen LogP contribution in [-0.2, 0) is 13.1 Å². The van der Waals surface area contributed by atoms with Crippen LogP contribution in [-0.4, -0.2) is 9.55 Å². The fourth-order valence-corrected chi connectivity index (χ4v) is 2.61. The lowest BCUT2D eigenvalue weighted by molar-refractivity contribution is 0.741. The molecule has 3 rings (SSSR count). The van der Waals surface area contributed by atoms with Crippen LogP contribution < -0.4 is 5.73 Å². The summed E-state index contributed by atoms with van der Waals surface area (Å²) in [7, 11) is 0. The maximum absolute atomic E-state index is 6.03. The Morgan fingerprint density at radius 3 is 2.75 bits per heavy atom. The number of aromatic nitrogens is 2. The summed E-state index contributed by atoms with van der Waals surface area (Å²) in [5.41, 5.74) is 10.3. The Bertz CT molecular complexity index is 762. The number of imidazole rings is 1. The average molecular weight is 286 g/mol. The summed E-state index contributed by atoms with van der Waals surface area (Å²) in [6, 6.07) is 14.1. The lowest BCUT2D eigenvalue weighted by Gasteiger charge is -2.10. The Morgan fingerprint density at radius 2 is 2.00 bits per heavy atom. The van der Waals surface area contributed by atoms with Gasteiger partial charge in [-0.25, -0.2) is 4.98 Å². The van der Waals surface area contributed by atoms with Gasteiger partial charge in [-0.05, 0) is 36.2 Å². The Hall–Kier alpha value is -1.84. The third-order valence-corrected chi connectivity index (χ3v) is 3.80. The molecule has 3 nitrogen and oxygen atoms in total. The van der Waals surface area contributed by atoms with Crippen molar-refractivity contribution in [2.75, 3.05) is 0 Å². The first-order chi connectivity index (χ1) is 9.69. The Labute approximate surface area is 123 Å². The number of nitrogens with two attached hydrogens (primary N) is 1. The van der Waals surface area contributed by atoms with Crippen molar-refractivity contribution in [2.24, 2.45) is 5.73 Å². The van der Waals surface area contributed by atoms with Crippen molar-refractivity contribution in [3.63, 3.8) is 0 Å². The molecule has 1 aromatic heterocycles. The molecule has 2 N–H and O–H groups in total. The average Bonchev–Trinajstić information content (AvgIpc) is 2.78. The highest BCUT2D eigenvalue weighted by Gasteiger charge is 2.11. The van der Waals surface area contributed by atoms with Crippen molar-refractivity contribution < 1.29 is 0 Å². The smallest absolute Gasteiger partial charge is 0.123 e. The number of nitrogens with zero attached hydrogens (tertiary/aromatic N) is 2. The second-order valence-corrected chi connectivity index (χ2v) is 5.31. The topological polar surface area (TPSA) is 43.8 Å². The standard InChI is InChI=1S/C16H16ClN3/c1-11-4-2-3-5-12(11)10-20-15-7-6-13(17)8-14(15)19-16(20)9-18/h2-8H,9-10,18H2,1H3. The molecule has 0 aliphatic carbocycles. The minimum atomic E-state index is 0.415. The zero-order valence-electron chi connectivity index (χ0n) is 11.3. The van der Waals surface area contributed by atoms with E-state index in [-0.39, 0.29) is 0 Å². The monoisotopic (exact) mass is 285 g/mol. The maximum atomic E-state index is 6.03. The van der Waals surface area contributed by atoms with Crippen LogP contribution in [0.2, 0.25) is 5.02 Å². The minimum absolute atomic E-state index is 0.415. The molecule has 0 spiro atoms. The highest BCUT2D eigenvalue weighted by atomic mass is 35.5. The fraction of sp³-hybridized carbons (Fsp3) is 0.188. The largest absolute Gasteiger partial charge is 0.324 e. The highest BCUT2D eigenvalue weighted by Crippen LogP contribution is 2.22. The van der Waals surface area contributed by atoms with E-state index < -0.39 is 0 Å². The maximum Gasteiger partial charge on any atom is 0.123 e. The van der Waals surface area contributed by atoms with Gasteiger partial charge in [0.15, 0.2) is 0 Å². The van der Waals surface area contributed by atoms with Crippen molar-refractivity contribution in [1.29, 1.82) is 0 Å². The summed E-state index contributed by atoms with van der Waals surface area (Å²) in [6.07, 6.45) is 0. The molecular weight excluding hydrogens is 270 g/mol. The van der Waals surface area contributed by atoms with Gasteiger partial charge in [0, 0.05) is 11.6 Å². The molecular formula is C16H16ClN3. The van der Waals surface area contributed by atoms with Crippen LogP contribution in [0.5, 0.6) is 0 Å². The molecule has 102 valence electrons. The van der Waals surface area contributed by atoms with Crippen LogP contribution in [0, 0.1) is 6.92 Å². The van der Waals surface area contributed by atoms with Gasteiger partial charge in [-0.15, -0.1) is 0 Å². The first-order valence-corrected chi connectivity index (χ1v) is 6.96. The van der Waals surface area contributed by atoms with Crippen LogP contribution in [0.1, 0.15) is 17.0 Å². The quantitative estimate of drug-likeness (QED) is 0.800. The van der Waals surface area contributed by atoms with E-state index in [1.165, 1.54) is 11.1 Å². The van der Waals surface area contributed by atoms with Crippen LogP contribution in [0.25, 0.3) is 11.0 Å². The zero-order chi connectivity index (χ0) is 14.1. The molecule has 0 amide bonds. The van der Waals surface area contributed by atoms with Gasteiger partial charge in [0.2, 0.25) is 0 Å². The lowest BCUT2D eigenvalue weighted by Crippen LogP contribution is -2.10. The third-order valence-electron chi connectivity index (χ3n) is 3.56. The van der Waals surface area contributed by atoms with Crippen LogP contribution in [0.15, 0.2) is 42.5 Å². The molecule has 20 heavy (non-hydrogen) atoms. The van der Waals surface area contributed by atoms with E-state index in [1.54, 1.807) is 0 Å². The Morgan fingerprint density at radius 1 is 1.20 bits per heavy atom. The first kappa shape index (κ1) is 13.2. The van der Waals surface area contributed by atoms with Crippen molar-refractivity contribution in [3.8, 4) is 0 Å². The van der Waals surface area contributed by atoms with E-state index in [2.05, 4.69) is 40.7 Å². The van der Waals surface area contributed by atoms with E-state index in [0.29, 0.717) is 11.6 Å². The zero-order valence-corrected chi connectivity index (χ0v) is 12.1. The normalized spacial score (nSPS) is 11.2. The van der Waals surface area contributed by atoms with Gasteiger partial charge in [-0.3, -0.25) is 0 Å². The minimum Gasteiger partial charge on any atom is -0.324 e. The Kier molecular flexibility index (Phi) is 3.47. The second-order valence-electron chi connectivity index (χ2n) is 4.88. The van der Waals surface area contributed by atoms with Crippen LogP contribution >= 0.6 is 11.6 Å². The van der Waals surface area contributed by atoms with Gasteiger partial charge in [0.25, 0.3) is 0 Å². The van der Waals surface area contributed by atoms with Gasteiger partial charge >= 0.3 is 0 Å². The highest BCUT2D eigenvalue weighted by molar-refractivity contribution is 6.31. The summed E-state index contributed by atoms with van der Waals surface area (Å²) in [5, 5.41) is 0.696. The van der Waals surface area contributed by atoms with E-state index >= 15 is 0 Å². The number of halogens is 1. The summed E-state index contributed by atoms with van der Waals surface area (Å²) in [6.45, 7) is 3.31. The Balaban J connectivity index is 2.12. The number of aryl methyl sites for hydroxylation is 1. The number of fused-ring (bicyclic) bond motifs is 1. The van der Waals surface area contributed by atoms with Crippen LogP contribution in [0.4, 0.5) is 0 Å². The van der Waals surface area contributed by atoms with E-state index in [0.717, 1.165) is 23.4 Å². The van der Waals surface area contributed by atoms with Crippen molar-refractivity contribution in [3.05, 3.63) is 64.4 Å². The number of rotatable bonds is 3. The fourth-order valence-electron chi connectivity index (χ4n) is 2.44. The van der Waals surface area contributed by atoms with E-state index in [9.17, 15) is 0 Å². The molecule has 3 aromatic rings. The van der Waals surface area contributed by atoms with Crippen molar-refractivity contribution in [2.45, 2.75) is 20.0 Å². The molecule has 0 unspecified atom stereocenters. The molecule has 0 atom stereocenters. The first-order valence-electron chi connectivity index (χ1n) is 6.58. The number of hydrogen-bond acceptors (Lipinski definition) is 2. The van der Waals surface area contributed by atoms with E-state index in [4.69, 9.17) is 17.3 Å². The molecule has 0 radical (unpaired) electrons. The summed E-state index contributed by atoms with van der Waals surface area (Å²) >= 11 is 6.03. The molecule has 0 fully saturated rings. The predicted octanol–water partition coefficient (Wildman–Crippen LogP) is 3.51. The van der Waals surface area contributed by atoms with Gasteiger partial charge in [0.05, 0.1) is 17.6 Å². The molecule has 0 saturated heterocycles. The number of hydrogen-bond donors (Lipinski definition) is 1. The summed E-state index contributed by atoms with van der Waals surface area (Å²) < 4.78 is 2.16. The van der Waals surface area contributed by atoms with Gasteiger partial charge in [-0.1, -0.05) is 35.9 Å². The summed E-state index contributed by atoms with van der Waals surface area (Å²) in [4.78, 5) is 4.57. The number of benzene rings is 2. The predicted molar refractivity (Wildman–Crippen MR) is 82.9 cm³/mol. The molecule has 0 aliphatic rings. The van der Waals surface area contributed by atoms with Crippen molar-refractivity contribution >= 4 is 22.6 Å². The third kappa shape index (κ3) is 2.30. The SMILES string of the molecule is Cc1ccccc1Cn1c(CN)nc2cc(Cl)ccc21. The second kappa shape index (κ2) is 5.27. The molecule has 1 heterocycles. The summed E-state index contributed by atoms with van der Waals surface area (Å²) in [5.74, 6) is 0.880. The molecule has 2 aromatic carbocycles. The van der Waals surface area contributed by atoms with Gasteiger partial charge in [0.1, 0.15) is 5.82 Å². The lowest BCUT2D eigenvalue weighted by atomic mass is 10.1. The van der Waals surface area contributed by atoms with Gasteiger partial charge in [-0.2, -0.15) is 0 Å². The molecule has 0 saturated carbocycles. The van der Waals surface area contributed by atoms with Gasteiger partial charge < -0.3 is 10.3 Å². The molecule has 4 heteroatoms.